The van der Waals surface area contributed by atoms with Gasteiger partial charge in [-0.2, -0.15) is 11.3 Å². The molecule has 134 valence electrons. The van der Waals surface area contributed by atoms with Crippen LogP contribution in [-0.4, -0.2) is 41.2 Å². The largest absolute Gasteiger partial charge is 0.486 e. The fourth-order valence-electron chi connectivity index (χ4n) is 3.05. The van der Waals surface area contributed by atoms with Gasteiger partial charge in [-0.3, -0.25) is 4.79 Å². The predicted molar refractivity (Wildman–Crippen MR) is 100 cm³/mol. The van der Waals surface area contributed by atoms with E-state index in [9.17, 15) is 9.90 Å². The Morgan fingerprint density at radius 3 is 2.96 bits per heavy atom. The van der Waals surface area contributed by atoms with Crippen LogP contribution >= 0.6 is 11.3 Å². The number of amides is 1. The maximum atomic E-state index is 12.5. The summed E-state index contributed by atoms with van der Waals surface area (Å²) in [6.45, 7) is 5.28. The van der Waals surface area contributed by atoms with Crippen molar-refractivity contribution in [2.24, 2.45) is 0 Å². The average molecular weight is 359 g/mol. The molecule has 1 aliphatic rings. The number of benzene rings is 1. The van der Waals surface area contributed by atoms with E-state index in [0.717, 1.165) is 11.3 Å². The predicted octanol–water partition coefficient (Wildman–Crippen LogP) is 3.45. The van der Waals surface area contributed by atoms with E-state index in [1.807, 2.05) is 35.0 Å². The zero-order valence-corrected chi connectivity index (χ0v) is 15.5. The molecule has 0 spiro atoms. The normalized spacial score (nSPS) is 20.7. The molecule has 3 rings (SSSR count). The first-order valence-electron chi connectivity index (χ1n) is 8.76. The standard InChI is InChI=1S/C20H25NO3S/c1-14(2)16-4-3-5-17(11-16)24-19-12-21(8-6-18(19)22)20(23)10-15-7-9-25-13-15/h3-5,7,9,11,13-14,18-19,22H,6,8,10,12H2,1-2H3/t18-,19-/m1/s1. The SMILES string of the molecule is CC(C)c1cccc(O[C@@H]2CN(C(=O)Cc3ccsc3)CC[C@H]2O)c1. The second kappa shape index (κ2) is 8.02. The minimum atomic E-state index is -0.548. The summed E-state index contributed by atoms with van der Waals surface area (Å²) in [7, 11) is 0. The van der Waals surface area contributed by atoms with E-state index in [1.165, 1.54) is 5.56 Å². The van der Waals surface area contributed by atoms with Gasteiger partial charge < -0.3 is 14.7 Å². The van der Waals surface area contributed by atoms with Crippen LogP contribution in [0.25, 0.3) is 0 Å². The third kappa shape index (κ3) is 4.61. The zero-order valence-electron chi connectivity index (χ0n) is 14.7. The number of aliphatic hydroxyl groups is 1. The van der Waals surface area contributed by atoms with Gasteiger partial charge in [0.15, 0.2) is 0 Å². The van der Waals surface area contributed by atoms with Crippen molar-refractivity contribution >= 4 is 17.2 Å². The van der Waals surface area contributed by atoms with Gasteiger partial charge >= 0.3 is 0 Å². The van der Waals surface area contributed by atoms with E-state index in [0.29, 0.717) is 31.8 Å². The van der Waals surface area contributed by atoms with E-state index < -0.39 is 6.10 Å². The highest BCUT2D eigenvalue weighted by Crippen LogP contribution is 2.24. The van der Waals surface area contributed by atoms with Crippen molar-refractivity contribution in [2.45, 2.75) is 44.8 Å². The quantitative estimate of drug-likeness (QED) is 0.889. The molecule has 0 saturated carbocycles. The van der Waals surface area contributed by atoms with Gasteiger partial charge in [-0.25, -0.2) is 0 Å². The van der Waals surface area contributed by atoms with Crippen LogP contribution in [0.1, 0.15) is 37.3 Å². The number of rotatable bonds is 5. The lowest BCUT2D eigenvalue weighted by atomic mass is 10.0. The molecule has 0 aliphatic carbocycles. The summed E-state index contributed by atoms with van der Waals surface area (Å²) in [5.74, 6) is 1.26. The first kappa shape index (κ1) is 18.0. The maximum absolute atomic E-state index is 12.5. The Morgan fingerprint density at radius 1 is 1.40 bits per heavy atom. The van der Waals surface area contributed by atoms with E-state index in [2.05, 4.69) is 19.9 Å². The molecule has 2 aromatic rings. The highest BCUT2D eigenvalue weighted by Gasteiger charge is 2.31. The van der Waals surface area contributed by atoms with E-state index in [-0.39, 0.29) is 12.0 Å². The van der Waals surface area contributed by atoms with Crippen LogP contribution in [0.4, 0.5) is 0 Å². The highest BCUT2D eigenvalue weighted by atomic mass is 32.1. The molecule has 2 atom stereocenters. The fourth-order valence-corrected chi connectivity index (χ4v) is 3.72. The summed E-state index contributed by atoms with van der Waals surface area (Å²) in [6.07, 6.45) is 0.0227. The van der Waals surface area contributed by atoms with Crippen LogP contribution in [0.2, 0.25) is 0 Å². The van der Waals surface area contributed by atoms with Crippen molar-refractivity contribution < 1.29 is 14.6 Å². The molecule has 2 heterocycles. The summed E-state index contributed by atoms with van der Waals surface area (Å²) < 4.78 is 6.03. The molecule has 1 N–H and O–H groups in total. The summed E-state index contributed by atoms with van der Waals surface area (Å²) in [6, 6.07) is 9.95. The van der Waals surface area contributed by atoms with Crippen molar-refractivity contribution in [3.63, 3.8) is 0 Å². The van der Waals surface area contributed by atoms with Gasteiger partial charge in [-0.15, -0.1) is 0 Å². The van der Waals surface area contributed by atoms with Crippen molar-refractivity contribution in [3.05, 3.63) is 52.2 Å². The molecule has 1 aromatic heterocycles. The average Bonchev–Trinajstić information content (AvgIpc) is 3.10. The third-order valence-electron chi connectivity index (χ3n) is 4.62. The van der Waals surface area contributed by atoms with Crippen LogP contribution in [0.5, 0.6) is 5.75 Å². The molecule has 1 aromatic carbocycles. The first-order chi connectivity index (χ1) is 12.0. The minimum Gasteiger partial charge on any atom is -0.486 e. The minimum absolute atomic E-state index is 0.0924. The number of aliphatic hydroxyl groups excluding tert-OH is 1. The van der Waals surface area contributed by atoms with Gasteiger partial charge in [0.25, 0.3) is 0 Å². The Kier molecular flexibility index (Phi) is 5.76. The Morgan fingerprint density at radius 2 is 2.24 bits per heavy atom. The molecule has 0 unspecified atom stereocenters. The van der Waals surface area contributed by atoms with Gasteiger partial charge in [-0.1, -0.05) is 26.0 Å². The van der Waals surface area contributed by atoms with Crippen LogP contribution in [0, 0.1) is 0 Å². The van der Waals surface area contributed by atoms with Gasteiger partial charge in [0, 0.05) is 6.54 Å². The van der Waals surface area contributed by atoms with Gasteiger partial charge in [0.1, 0.15) is 11.9 Å². The lowest BCUT2D eigenvalue weighted by Gasteiger charge is -2.36. The molecule has 4 nitrogen and oxygen atoms in total. The number of ether oxygens (including phenoxy) is 1. The molecule has 0 bridgehead atoms. The molecule has 1 aliphatic heterocycles. The summed E-state index contributed by atoms with van der Waals surface area (Å²) in [5.41, 5.74) is 2.25. The van der Waals surface area contributed by atoms with E-state index in [1.54, 1.807) is 16.2 Å². The number of nitrogens with zero attached hydrogens (tertiary/aromatic N) is 1. The van der Waals surface area contributed by atoms with E-state index in [4.69, 9.17) is 4.74 Å². The van der Waals surface area contributed by atoms with Crippen LogP contribution < -0.4 is 4.74 Å². The number of carbonyl (C=O) groups is 1. The lowest BCUT2D eigenvalue weighted by Crippen LogP contribution is -2.51. The molecule has 25 heavy (non-hydrogen) atoms. The number of thiophene rings is 1. The third-order valence-corrected chi connectivity index (χ3v) is 5.36. The van der Waals surface area contributed by atoms with Crippen molar-refractivity contribution in [2.75, 3.05) is 13.1 Å². The Hall–Kier alpha value is -1.85. The van der Waals surface area contributed by atoms with Gasteiger partial charge in [0.2, 0.25) is 5.91 Å². The molecule has 1 amide bonds. The molecular formula is C20H25NO3S. The molecular weight excluding hydrogens is 334 g/mol. The summed E-state index contributed by atoms with van der Waals surface area (Å²) in [4.78, 5) is 14.3. The molecule has 0 radical (unpaired) electrons. The van der Waals surface area contributed by atoms with Gasteiger partial charge in [-0.05, 0) is 52.4 Å². The smallest absolute Gasteiger partial charge is 0.227 e. The van der Waals surface area contributed by atoms with Crippen LogP contribution in [-0.2, 0) is 11.2 Å². The van der Waals surface area contributed by atoms with E-state index >= 15 is 0 Å². The van der Waals surface area contributed by atoms with Gasteiger partial charge in [0.05, 0.1) is 19.1 Å². The van der Waals surface area contributed by atoms with Crippen molar-refractivity contribution in [3.8, 4) is 5.75 Å². The monoisotopic (exact) mass is 359 g/mol. The second-order valence-electron chi connectivity index (χ2n) is 6.89. The Labute approximate surface area is 153 Å². The number of piperidine rings is 1. The Balaban J connectivity index is 1.64. The lowest BCUT2D eigenvalue weighted by molar-refractivity contribution is -0.136. The topological polar surface area (TPSA) is 49.8 Å². The molecule has 1 fully saturated rings. The van der Waals surface area contributed by atoms with Crippen LogP contribution in [0.15, 0.2) is 41.1 Å². The fraction of sp³-hybridized carbons (Fsp3) is 0.450. The number of hydrogen-bond donors (Lipinski definition) is 1. The molecule has 1 saturated heterocycles. The number of carbonyl (C=O) groups excluding carboxylic acids is 1. The Bertz CT molecular complexity index is 699. The first-order valence-corrected chi connectivity index (χ1v) is 9.70. The number of hydrogen-bond acceptors (Lipinski definition) is 4. The number of likely N-dealkylation sites (tertiary alicyclic amines) is 1. The second-order valence-corrected chi connectivity index (χ2v) is 7.67. The highest BCUT2D eigenvalue weighted by molar-refractivity contribution is 7.08. The van der Waals surface area contributed by atoms with Crippen molar-refractivity contribution in [1.29, 1.82) is 0 Å². The summed E-state index contributed by atoms with van der Waals surface area (Å²) in [5, 5.41) is 14.3. The maximum Gasteiger partial charge on any atom is 0.227 e. The summed E-state index contributed by atoms with van der Waals surface area (Å²) >= 11 is 1.60. The van der Waals surface area contributed by atoms with Crippen LogP contribution in [0.3, 0.4) is 0 Å². The zero-order chi connectivity index (χ0) is 17.8. The molecule has 5 heteroatoms. The van der Waals surface area contributed by atoms with Crippen molar-refractivity contribution in [1.82, 2.24) is 4.90 Å².